The number of hydrogen-bond acceptors (Lipinski definition) is 2. The van der Waals surface area contributed by atoms with Crippen LogP contribution >= 0.6 is 0 Å². The molecule has 0 N–H and O–H groups in total. The number of carbonyl (C=O) groups is 1. The van der Waals surface area contributed by atoms with E-state index < -0.39 is 35.1 Å². The number of esters is 1. The molecule has 0 bridgehead atoms. The number of ether oxygens (including phenoxy) is 1. The predicted octanol–water partition coefficient (Wildman–Crippen LogP) is 8.86. The quantitative estimate of drug-likeness (QED) is 0.169. The molecule has 7 heteroatoms. The molecule has 4 rings (SSSR count). The highest BCUT2D eigenvalue weighted by atomic mass is 19.4. The molecule has 2 aliphatic rings. The first-order valence-corrected chi connectivity index (χ1v) is 12.6. The molecule has 0 spiro atoms. The van der Waals surface area contributed by atoms with Crippen LogP contribution in [-0.2, 0) is 6.18 Å². The molecule has 0 aliphatic heterocycles. The summed E-state index contributed by atoms with van der Waals surface area (Å²) in [5.74, 6) is -2.39. The Morgan fingerprint density at radius 1 is 0.972 bits per heavy atom. The second-order valence-corrected chi connectivity index (χ2v) is 10.1. The van der Waals surface area contributed by atoms with E-state index in [0.717, 1.165) is 36.2 Å². The zero-order valence-corrected chi connectivity index (χ0v) is 20.3. The number of rotatable bonds is 6. The van der Waals surface area contributed by atoms with E-state index in [-0.39, 0.29) is 5.56 Å². The van der Waals surface area contributed by atoms with Crippen LogP contribution < -0.4 is 4.74 Å². The van der Waals surface area contributed by atoms with Crippen molar-refractivity contribution >= 4 is 5.97 Å². The highest BCUT2D eigenvalue weighted by Gasteiger charge is 2.38. The van der Waals surface area contributed by atoms with E-state index in [9.17, 15) is 26.7 Å². The van der Waals surface area contributed by atoms with Gasteiger partial charge in [0.05, 0.1) is 5.56 Å². The van der Waals surface area contributed by atoms with Crippen molar-refractivity contribution in [3.63, 3.8) is 0 Å². The van der Waals surface area contributed by atoms with E-state index in [1.54, 1.807) is 12.1 Å². The van der Waals surface area contributed by atoms with Crippen molar-refractivity contribution in [2.45, 2.75) is 70.4 Å². The van der Waals surface area contributed by atoms with Gasteiger partial charge in [0.25, 0.3) is 0 Å². The van der Waals surface area contributed by atoms with E-state index in [2.05, 4.69) is 19.1 Å². The van der Waals surface area contributed by atoms with Gasteiger partial charge in [-0.1, -0.05) is 30.7 Å². The van der Waals surface area contributed by atoms with Crippen LogP contribution in [0.3, 0.4) is 0 Å². The smallest absolute Gasteiger partial charge is 0.422 e. The molecule has 194 valence electrons. The Kier molecular flexibility index (Phi) is 8.16. The third kappa shape index (κ3) is 6.16. The van der Waals surface area contributed by atoms with Gasteiger partial charge in [-0.3, -0.25) is 0 Å². The number of allylic oxidation sites excluding steroid dienone is 2. The van der Waals surface area contributed by atoms with Gasteiger partial charge in [0, 0.05) is 12.1 Å². The van der Waals surface area contributed by atoms with Gasteiger partial charge in [0.1, 0.15) is 22.9 Å². The lowest BCUT2D eigenvalue weighted by Gasteiger charge is -2.42. The molecule has 0 aromatic heterocycles. The summed E-state index contributed by atoms with van der Waals surface area (Å²) in [6.45, 7) is 2.06. The van der Waals surface area contributed by atoms with Crippen LogP contribution in [0, 0.1) is 29.4 Å². The number of hydrogen-bond donors (Lipinski definition) is 0. The van der Waals surface area contributed by atoms with Crippen LogP contribution in [0.1, 0.15) is 85.7 Å². The van der Waals surface area contributed by atoms with Gasteiger partial charge in [0.15, 0.2) is 0 Å². The lowest BCUT2D eigenvalue weighted by Crippen LogP contribution is -2.30. The zero-order valence-electron chi connectivity index (χ0n) is 20.3. The first-order chi connectivity index (χ1) is 17.2. The first kappa shape index (κ1) is 26.4. The van der Waals surface area contributed by atoms with Crippen LogP contribution in [0.25, 0.3) is 0 Å². The highest BCUT2D eigenvalue weighted by Crippen LogP contribution is 2.48. The summed E-state index contributed by atoms with van der Waals surface area (Å²) in [5.41, 5.74) is -0.704. The van der Waals surface area contributed by atoms with Crippen molar-refractivity contribution in [3.05, 3.63) is 76.9 Å². The van der Waals surface area contributed by atoms with Crippen LogP contribution in [0.2, 0.25) is 0 Å². The summed E-state index contributed by atoms with van der Waals surface area (Å²) in [5, 5.41) is 0. The topological polar surface area (TPSA) is 26.3 Å². The Morgan fingerprint density at radius 2 is 1.61 bits per heavy atom. The lowest BCUT2D eigenvalue weighted by atomic mass is 9.63. The summed E-state index contributed by atoms with van der Waals surface area (Å²) in [7, 11) is 0. The summed E-state index contributed by atoms with van der Waals surface area (Å²) in [6.07, 6.45) is 8.98. The van der Waals surface area contributed by atoms with Gasteiger partial charge in [-0.25, -0.2) is 13.6 Å². The van der Waals surface area contributed by atoms with E-state index in [1.807, 2.05) is 12.1 Å². The lowest BCUT2D eigenvalue weighted by molar-refractivity contribution is -0.142. The maximum Gasteiger partial charge on any atom is 0.422 e. The molecule has 36 heavy (non-hydrogen) atoms. The van der Waals surface area contributed by atoms with Gasteiger partial charge < -0.3 is 4.74 Å². The molecular weight excluding hydrogens is 475 g/mol. The van der Waals surface area contributed by atoms with Gasteiger partial charge in [-0.05, 0) is 93.2 Å². The Morgan fingerprint density at radius 3 is 2.25 bits per heavy atom. The van der Waals surface area contributed by atoms with Crippen LogP contribution in [0.4, 0.5) is 22.0 Å². The largest absolute Gasteiger partial charge is 0.423 e. The molecule has 0 saturated heterocycles. The average molecular weight is 507 g/mol. The Labute approximate surface area is 208 Å². The normalized spacial score (nSPS) is 24.5. The average Bonchev–Trinajstić information content (AvgIpc) is 2.82. The number of fused-ring (bicyclic) bond motifs is 1. The maximum absolute atomic E-state index is 13.8. The van der Waals surface area contributed by atoms with E-state index in [4.69, 9.17) is 4.74 Å². The van der Waals surface area contributed by atoms with Gasteiger partial charge in [-0.2, -0.15) is 13.2 Å². The Balaban J connectivity index is 1.35. The highest BCUT2D eigenvalue weighted by molar-refractivity contribution is 5.91. The van der Waals surface area contributed by atoms with E-state index in [1.165, 1.54) is 38.5 Å². The third-order valence-electron chi connectivity index (χ3n) is 7.83. The Bertz CT molecular complexity index is 1070. The fourth-order valence-corrected chi connectivity index (χ4v) is 5.99. The van der Waals surface area contributed by atoms with Crippen LogP contribution in [0.15, 0.2) is 48.6 Å². The predicted molar refractivity (Wildman–Crippen MR) is 128 cm³/mol. The number of carbonyl (C=O) groups excluding carboxylic acids is 1. The Hall–Kier alpha value is -2.70. The summed E-state index contributed by atoms with van der Waals surface area (Å²) >= 11 is 0. The molecule has 0 heterocycles. The van der Waals surface area contributed by atoms with Gasteiger partial charge >= 0.3 is 12.1 Å². The van der Waals surface area contributed by atoms with Crippen molar-refractivity contribution in [2.24, 2.45) is 17.8 Å². The monoisotopic (exact) mass is 506 g/mol. The molecule has 0 amide bonds. The number of benzene rings is 2. The van der Waals surface area contributed by atoms with Crippen molar-refractivity contribution in [2.75, 3.05) is 0 Å². The minimum Gasteiger partial charge on any atom is -0.423 e. The molecule has 0 radical (unpaired) electrons. The molecule has 2 fully saturated rings. The standard InChI is InChI=1S/C29H31F5O2/c1-2-3-4-5-18-6-7-23-15-22(13-12-21(23)14-18)19-8-10-20(11-9-19)28(35)36-24-16-25(30)27(26(31)17-24)29(32,33)34/h2-3,8-11,16-18,21-23H,4-7,12-15H2,1H3/b3-2+. The molecule has 2 saturated carbocycles. The SMILES string of the molecule is C/C=C/CCC1CCC2CC(c3ccc(C(=O)Oc4cc(F)c(C(F)(F)F)c(F)c4)cc3)CCC2C1. The second-order valence-electron chi connectivity index (χ2n) is 10.1. The van der Waals surface area contributed by atoms with Crippen molar-refractivity contribution in [3.8, 4) is 5.75 Å². The number of halogens is 5. The zero-order chi connectivity index (χ0) is 25.9. The summed E-state index contributed by atoms with van der Waals surface area (Å²) in [4.78, 5) is 12.4. The number of alkyl halides is 3. The molecule has 2 aromatic rings. The van der Waals surface area contributed by atoms with Crippen LogP contribution in [-0.4, -0.2) is 5.97 Å². The molecule has 2 nitrogen and oxygen atoms in total. The molecular formula is C29H31F5O2. The molecule has 4 atom stereocenters. The fourth-order valence-electron chi connectivity index (χ4n) is 5.99. The third-order valence-corrected chi connectivity index (χ3v) is 7.83. The summed E-state index contributed by atoms with van der Waals surface area (Å²) < 4.78 is 70.7. The van der Waals surface area contributed by atoms with Crippen LogP contribution in [0.5, 0.6) is 5.75 Å². The fraction of sp³-hybridized carbons (Fsp3) is 0.483. The second kappa shape index (κ2) is 11.1. The minimum atomic E-state index is -5.18. The van der Waals surface area contributed by atoms with Crippen molar-refractivity contribution in [1.82, 2.24) is 0 Å². The minimum absolute atomic E-state index is 0.162. The van der Waals surface area contributed by atoms with Gasteiger partial charge in [-0.15, -0.1) is 0 Å². The maximum atomic E-state index is 13.8. The summed E-state index contributed by atoms with van der Waals surface area (Å²) in [6, 6.07) is 7.67. The van der Waals surface area contributed by atoms with E-state index in [0.29, 0.717) is 18.1 Å². The molecule has 4 unspecified atom stereocenters. The first-order valence-electron chi connectivity index (χ1n) is 12.6. The van der Waals surface area contributed by atoms with E-state index >= 15 is 0 Å². The molecule has 2 aromatic carbocycles. The molecule has 2 aliphatic carbocycles. The van der Waals surface area contributed by atoms with Gasteiger partial charge in [0.2, 0.25) is 0 Å². The van der Waals surface area contributed by atoms with Crippen molar-refractivity contribution in [1.29, 1.82) is 0 Å². The van der Waals surface area contributed by atoms with Crippen molar-refractivity contribution < 1.29 is 31.5 Å².